The molecule has 0 saturated carbocycles. The molecule has 1 aliphatic rings. The molecule has 1 heteroatoms. The smallest absolute Gasteiger partial charge is 0.0175 e. The fraction of sp³-hybridized carbons (Fsp3) is 0.800. The van der Waals surface area contributed by atoms with Crippen LogP contribution in [0.4, 0.5) is 0 Å². The number of likely N-dealkylation sites (tertiary alicyclic amines) is 1. The van der Waals surface area contributed by atoms with E-state index in [-0.39, 0.29) is 0 Å². The third kappa shape index (κ3) is 2.57. The Bertz CT molecular complexity index is 141. The molecule has 1 heterocycles. The van der Waals surface area contributed by atoms with Gasteiger partial charge in [0, 0.05) is 18.8 Å². The molecule has 1 fully saturated rings. The zero-order valence-electron chi connectivity index (χ0n) is 7.93. The van der Waals surface area contributed by atoms with E-state index in [2.05, 4.69) is 31.7 Å². The van der Waals surface area contributed by atoms with Crippen LogP contribution in [0.5, 0.6) is 0 Å². The molecule has 64 valence electrons. The molecular weight excluding hydrogens is 134 g/mol. The molecule has 1 rings (SSSR count). The standard InChI is InChI=1S/C10H19N/c1-9(2)8-10(3)11-6-4-5-7-11/h8-9H,4-7H2,1-3H3/b10-8+. The third-order valence-electron chi connectivity index (χ3n) is 2.18. The summed E-state index contributed by atoms with van der Waals surface area (Å²) in [5.41, 5.74) is 1.47. The summed E-state index contributed by atoms with van der Waals surface area (Å²) >= 11 is 0. The molecule has 1 nitrogen and oxygen atoms in total. The van der Waals surface area contributed by atoms with Gasteiger partial charge in [0.1, 0.15) is 0 Å². The molecule has 0 bridgehead atoms. The van der Waals surface area contributed by atoms with E-state index in [0.29, 0.717) is 5.92 Å². The van der Waals surface area contributed by atoms with Crippen LogP contribution < -0.4 is 0 Å². The number of nitrogens with zero attached hydrogens (tertiary/aromatic N) is 1. The van der Waals surface area contributed by atoms with E-state index in [1.54, 1.807) is 0 Å². The quantitative estimate of drug-likeness (QED) is 0.589. The second kappa shape index (κ2) is 3.80. The Hall–Kier alpha value is -0.460. The number of rotatable bonds is 2. The van der Waals surface area contributed by atoms with Crippen LogP contribution in [-0.4, -0.2) is 18.0 Å². The molecule has 11 heavy (non-hydrogen) atoms. The second-order valence-corrected chi connectivity index (χ2v) is 3.75. The summed E-state index contributed by atoms with van der Waals surface area (Å²) in [7, 11) is 0. The average molecular weight is 153 g/mol. The molecule has 1 aliphatic heterocycles. The Balaban J connectivity index is 2.45. The highest BCUT2D eigenvalue weighted by molar-refractivity contribution is 5.00. The lowest BCUT2D eigenvalue weighted by Crippen LogP contribution is -2.16. The van der Waals surface area contributed by atoms with Crippen molar-refractivity contribution in [1.29, 1.82) is 0 Å². The summed E-state index contributed by atoms with van der Waals surface area (Å²) in [4.78, 5) is 2.49. The average Bonchev–Trinajstić information content (AvgIpc) is 2.35. The molecule has 0 spiro atoms. The summed E-state index contributed by atoms with van der Waals surface area (Å²) in [6.07, 6.45) is 5.11. The molecule has 0 aromatic rings. The molecule has 0 amide bonds. The highest BCUT2D eigenvalue weighted by Crippen LogP contribution is 2.15. The predicted octanol–water partition coefficient (Wildman–Crippen LogP) is 2.64. The van der Waals surface area contributed by atoms with Crippen molar-refractivity contribution in [2.75, 3.05) is 13.1 Å². The Morgan fingerprint density at radius 3 is 2.27 bits per heavy atom. The third-order valence-corrected chi connectivity index (χ3v) is 2.18. The van der Waals surface area contributed by atoms with E-state index < -0.39 is 0 Å². The van der Waals surface area contributed by atoms with Gasteiger partial charge in [0.05, 0.1) is 0 Å². The fourth-order valence-corrected chi connectivity index (χ4v) is 1.66. The zero-order valence-corrected chi connectivity index (χ0v) is 7.93. The summed E-state index contributed by atoms with van der Waals surface area (Å²) < 4.78 is 0. The van der Waals surface area contributed by atoms with Crippen molar-refractivity contribution in [1.82, 2.24) is 4.90 Å². The summed E-state index contributed by atoms with van der Waals surface area (Å²) in [5, 5.41) is 0. The summed E-state index contributed by atoms with van der Waals surface area (Å²) in [6, 6.07) is 0. The van der Waals surface area contributed by atoms with E-state index in [1.807, 2.05) is 0 Å². The Morgan fingerprint density at radius 1 is 1.27 bits per heavy atom. The molecule has 0 atom stereocenters. The summed E-state index contributed by atoms with van der Waals surface area (Å²) in [6.45, 7) is 9.24. The maximum atomic E-state index is 2.49. The van der Waals surface area contributed by atoms with Crippen molar-refractivity contribution in [3.8, 4) is 0 Å². The first kappa shape index (κ1) is 8.63. The van der Waals surface area contributed by atoms with Gasteiger partial charge >= 0.3 is 0 Å². The van der Waals surface area contributed by atoms with Crippen LogP contribution in [0.3, 0.4) is 0 Å². The first-order valence-corrected chi connectivity index (χ1v) is 4.63. The molecule has 0 aromatic heterocycles. The highest BCUT2D eigenvalue weighted by Gasteiger charge is 2.10. The van der Waals surface area contributed by atoms with Crippen molar-refractivity contribution in [3.05, 3.63) is 11.8 Å². The predicted molar refractivity (Wildman–Crippen MR) is 49.4 cm³/mol. The van der Waals surface area contributed by atoms with Gasteiger partial charge in [0.2, 0.25) is 0 Å². The lowest BCUT2D eigenvalue weighted by atomic mass is 10.2. The van der Waals surface area contributed by atoms with Gasteiger partial charge in [0.25, 0.3) is 0 Å². The molecule has 0 aromatic carbocycles. The monoisotopic (exact) mass is 153 g/mol. The van der Waals surface area contributed by atoms with Gasteiger partial charge in [-0.25, -0.2) is 0 Å². The van der Waals surface area contributed by atoms with Crippen molar-refractivity contribution < 1.29 is 0 Å². The van der Waals surface area contributed by atoms with Gasteiger partial charge in [-0.15, -0.1) is 0 Å². The lowest BCUT2D eigenvalue weighted by molar-refractivity contribution is 0.423. The maximum absolute atomic E-state index is 2.49. The number of allylic oxidation sites excluding steroid dienone is 2. The van der Waals surface area contributed by atoms with Crippen LogP contribution in [-0.2, 0) is 0 Å². The van der Waals surface area contributed by atoms with Gasteiger partial charge in [-0.1, -0.05) is 19.9 Å². The Morgan fingerprint density at radius 2 is 1.82 bits per heavy atom. The molecule has 0 radical (unpaired) electrons. The van der Waals surface area contributed by atoms with Crippen molar-refractivity contribution >= 4 is 0 Å². The number of hydrogen-bond acceptors (Lipinski definition) is 1. The van der Waals surface area contributed by atoms with Crippen LogP contribution in [0.15, 0.2) is 11.8 Å². The maximum Gasteiger partial charge on any atom is 0.0175 e. The van der Waals surface area contributed by atoms with Crippen molar-refractivity contribution in [2.24, 2.45) is 5.92 Å². The topological polar surface area (TPSA) is 3.24 Å². The molecule has 0 aliphatic carbocycles. The van der Waals surface area contributed by atoms with Gasteiger partial charge < -0.3 is 4.90 Å². The van der Waals surface area contributed by atoms with Gasteiger partial charge in [-0.05, 0) is 25.7 Å². The summed E-state index contributed by atoms with van der Waals surface area (Å²) in [5.74, 6) is 0.690. The second-order valence-electron chi connectivity index (χ2n) is 3.75. The molecule has 0 unspecified atom stereocenters. The zero-order chi connectivity index (χ0) is 8.27. The SMILES string of the molecule is C/C(=C\C(C)C)N1CCCC1. The molecule has 1 saturated heterocycles. The first-order chi connectivity index (χ1) is 5.20. The molecule has 0 N–H and O–H groups in total. The van der Waals surface area contributed by atoms with Crippen LogP contribution in [0.2, 0.25) is 0 Å². The molecular formula is C10H19N. The highest BCUT2D eigenvalue weighted by atomic mass is 15.1. The van der Waals surface area contributed by atoms with Crippen molar-refractivity contribution in [3.63, 3.8) is 0 Å². The van der Waals surface area contributed by atoms with E-state index >= 15 is 0 Å². The van der Waals surface area contributed by atoms with Crippen LogP contribution in [0, 0.1) is 5.92 Å². The Kier molecular flexibility index (Phi) is 2.98. The van der Waals surface area contributed by atoms with Gasteiger partial charge in [0.15, 0.2) is 0 Å². The van der Waals surface area contributed by atoms with E-state index in [0.717, 1.165) is 0 Å². The number of hydrogen-bond donors (Lipinski definition) is 0. The van der Waals surface area contributed by atoms with Crippen LogP contribution in [0.1, 0.15) is 33.6 Å². The van der Waals surface area contributed by atoms with E-state index in [4.69, 9.17) is 0 Å². The van der Waals surface area contributed by atoms with Crippen molar-refractivity contribution in [2.45, 2.75) is 33.6 Å². The van der Waals surface area contributed by atoms with E-state index in [9.17, 15) is 0 Å². The fourth-order valence-electron chi connectivity index (χ4n) is 1.66. The van der Waals surface area contributed by atoms with E-state index in [1.165, 1.54) is 31.6 Å². The normalized spacial score (nSPS) is 20.0. The first-order valence-electron chi connectivity index (χ1n) is 4.63. The Labute approximate surface area is 70.1 Å². The minimum atomic E-state index is 0.690. The van der Waals surface area contributed by atoms with Gasteiger partial charge in [-0.3, -0.25) is 0 Å². The van der Waals surface area contributed by atoms with Crippen LogP contribution >= 0.6 is 0 Å². The minimum Gasteiger partial charge on any atom is -0.375 e. The minimum absolute atomic E-state index is 0.690. The van der Waals surface area contributed by atoms with Crippen LogP contribution in [0.25, 0.3) is 0 Å². The largest absolute Gasteiger partial charge is 0.375 e. The lowest BCUT2D eigenvalue weighted by Gasteiger charge is -2.18. The van der Waals surface area contributed by atoms with Gasteiger partial charge in [-0.2, -0.15) is 0 Å².